The van der Waals surface area contributed by atoms with Crippen LogP contribution in [-0.2, 0) is 19.4 Å². The van der Waals surface area contributed by atoms with Gasteiger partial charge < -0.3 is 4.57 Å². The van der Waals surface area contributed by atoms with Gasteiger partial charge in [-0.2, -0.15) is 0 Å². The smallest absolute Gasteiger partial charge is 0.0946 e. The van der Waals surface area contributed by atoms with E-state index in [1.165, 1.54) is 42.6 Å². The number of imidazole rings is 1. The number of aryl methyl sites for hydroxylation is 2. The molecule has 2 heterocycles. The van der Waals surface area contributed by atoms with Crippen molar-refractivity contribution in [1.82, 2.24) is 9.55 Å². The van der Waals surface area contributed by atoms with Crippen LogP contribution in [0, 0.1) is 0 Å². The summed E-state index contributed by atoms with van der Waals surface area (Å²) in [6.45, 7) is 5.67. The Morgan fingerprint density at radius 1 is 1.25 bits per heavy atom. The number of rotatable bonds is 7. The molecule has 2 aromatic rings. The maximum absolute atomic E-state index is 4.23. The van der Waals surface area contributed by atoms with Crippen LogP contribution in [0.3, 0.4) is 0 Å². The van der Waals surface area contributed by atoms with E-state index < -0.39 is 0 Å². The van der Waals surface area contributed by atoms with E-state index in [1.807, 2.05) is 12.5 Å². The summed E-state index contributed by atoms with van der Waals surface area (Å²) >= 11 is 4.36. The maximum Gasteiger partial charge on any atom is 0.0946 e. The van der Waals surface area contributed by atoms with Crippen LogP contribution in [0.5, 0.6) is 0 Å². The van der Waals surface area contributed by atoms with Crippen LogP contribution in [0.2, 0.25) is 0 Å². The molecule has 4 heteroatoms. The fraction of sp³-hybridized carbons (Fsp3) is 0.550. The highest BCUT2D eigenvalue weighted by Gasteiger charge is 2.36. The van der Waals surface area contributed by atoms with Gasteiger partial charge in [0.15, 0.2) is 0 Å². The molecule has 1 saturated heterocycles. The monoisotopic (exact) mass is 360 g/mol. The molecule has 0 bridgehead atoms. The van der Waals surface area contributed by atoms with Gasteiger partial charge in [-0.05, 0) is 49.0 Å². The Balaban J connectivity index is 1.60. The minimum Gasteiger partial charge on any atom is -0.335 e. The molecule has 0 N–H and O–H groups in total. The molecule has 2 nitrogen and oxygen atoms in total. The number of nitrogens with zero attached hydrogens (tertiary/aromatic N) is 2. The Kier molecular flexibility index (Phi) is 6.34. The minimum atomic E-state index is 0.307. The minimum absolute atomic E-state index is 0.307. The molecule has 0 aliphatic carbocycles. The van der Waals surface area contributed by atoms with Gasteiger partial charge in [-0.1, -0.05) is 38.1 Å². The molecule has 1 fully saturated rings. The number of thioether (sulfide) groups is 2. The van der Waals surface area contributed by atoms with Crippen LogP contribution >= 0.6 is 23.5 Å². The van der Waals surface area contributed by atoms with Crippen molar-refractivity contribution < 1.29 is 0 Å². The van der Waals surface area contributed by atoms with Crippen molar-refractivity contribution in [3.8, 4) is 0 Å². The molecule has 24 heavy (non-hydrogen) atoms. The first kappa shape index (κ1) is 17.9. The van der Waals surface area contributed by atoms with Gasteiger partial charge in [-0.3, -0.25) is 0 Å². The lowest BCUT2D eigenvalue weighted by Crippen LogP contribution is -2.33. The summed E-state index contributed by atoms with van der Waals surface area (Å²) in [5.74, 6) is 1.29. The Morgan fingerprint density at radius 2 is 2.04 bits per heavy atom. The predicted molar refractivity (Wildman–Crippen MR) is 108 cm³/mol. The predicted octanol–water partition coefficient (Wildman–Crippen LogP) is 5.42. The SMILES string of the molecule is CCc1ccc(CCCC2(Cn3ccnc3)SCCC(C)S2)cc1. The fourth-order valence-electron chi connectivity index (χ4n) is 3.33. The van der Waals surface area contributed by atoms with Gasteiger partial charge in [-0.25, -0.2) is 4.98 Å². The first-order valence-electron chi connectivity index (χ1n) is 9.04. The standard InChI is InChI=1S/C20H28N2S2/c1-3-18-6-8-19(9-7-18)5-4-11-20(15-22-13-12-21-16-22)23-14-10-17(2)24-20/h6-9,12-13,16-17H,3-5,10-11,14-15H2,1-2H3. The Morgan fingerprint density at radius 3 is 2.71 bits per heavy atom. The van der Waals surface area contributed by atoms with E-state index in [2.05, 4.69) is 77.4 Å². The third-order valence-electron chi connectivity index (χ3n) is 4.74. The van der Waals surface area contributed by atoms with Crippen molar-refractivity contribution in [3.63, 3.8) is 0 Å². The zero-order valence-electron chi connectivity index (χ0n) is 14.8. The highest BCUT2D eigenvalue weighted by Crippen LogP contribution is 2.49. The first-order chi connectivity index (χ1) is 11.7. The molecular weight excluding hydrogens is 332 g/mol. The van der Waals surface area contributed by atoms with E-state index >= 15 is 0 Å². The average Bonchev–Trinajstić information content (AvgIpc) is 3.08. The van der Waals surface area contributed by atoms with Crippen LogP contribution in [0.1, 0.15) is 44.2 Å². The summed E-state index contributed by atoms with van der Waals surface area (Å²) in [5, 5.41) is 0.763. The normalized spacial score (nSPS) is 24.2. The summed E-state index contributed by atoms with van der Waals surface area (Å²) in [5.41, 5.74) is 2.91. The van der Waals surface area contributed by atoms with E-state index in [1.54, 1.807) is 0 Å². The van der Waals surface area contributed by atoms with Crippen molar-refractivity contribution in [2.45, 2.75) is 61.8 Å². The van der Waals surface area contributed by atoms with Gasteiger partial charge in [0.25, 0.3) is 0 Å². The van der Waals surface area contributed by atoms with E-state index in [9.17, 15) is 0 Å². The zero-order chi connectivity index (χ0) is 16.8. The molecule has 130 valence electrons. The molecule has 0 amide bonds. The van der Waals surface area contributed by atoms with Gasteiger partial charge in [0.1, 0.15) is 0 Å². The second kappa shape index (κ2) is 8.48. The van der Waals surface area contributed by atoms with Gasteiger partial charge in [0.05, 0.1) is 10.4 Å². The lowest BCUT2D eigenvalue weighted by molar-refractivity contribution is 0.562. The number of hydrogen-bond acceptors (Lipinski definition) is 3. The largest absolute Gasteiger partial charge is 0.335 e. The Hall–Kier alpha value is -0.870. The van der Waals surface area contributed by atoms with Crippen LogP contribution in [0.4, 0.5) is 0 Å². The summed E-state index contributed by atoms with van der Waals surface area (Å²) in [4.78, 5) is 4.23. The van der Waals surface area contributed by atoms with Gasteiger partial charge in [0, 0.05) is 24.2 Å². The average molecular weight is 361 g/mol. The van der Waals surface area contributed by atoms with Crippen molar-refractivity contribution in [1.29, 1.82) is 0 Å². The van der Waals surface area contributed by atoms with E-state index in [-0.39, 0.29) is 0 Å². The third-order valence-corrected chi connectivity index (χ3v) is 8.08. The first-order valence-corrected chi connectivity index (χ1v) is 10.9. The van der Waals surface area contributed by atoms with Gasteiger partial charge in [-0.15, -0.1) is 23.5 Å². The van der Waals surface area contributed by atoms with E-state index in [4.69, 9.17) is 0 Å². The van der Waals surface area contributed by atoms with Crippen molar-refractivity contribution in [3.05, 3.63) is 54.1 Å². The number of hydrogen-bond donors (Lipinski definition) is 0. The molecule has 1 aliphatic rings. The highest BCUT2D eigenvalue weighted by atomic mass is 32.2. The van der Waals surface area contributed by atoms with Crippen LogP contribution in [0.25, 0.3) is 0 Å². The van der Waals surface area contributed by atoms with Crippen molar-refractivity contribution in [2.24, 2.45) is 0 Å². The molecule has 1 aromatic carbocycles. The van der Waals surface area contributed by atoms with Crippen LogP contribution in [-0.4, -0.2) is 24.6 Å². The quantitative estimate of drug-likeness (QED) is 0.656. The van der Waals surface area contributed by atoms with Crippen molar-refractivity contribution >= 4 is 23.5 Å². The molecule has 0 spiro atoms. The van der Waals surface area contributed by atoms with Crippen LogP contribution < -0.4 is 0 Å². The summed E-state index contributed by atoms with van der Waals surface area (Å²) in [6.07, 6.45) is 12.1. The summed E-state index contributed by atoms with van der Waals surface area (Å²) < 4.78 is 2.57. The lowest BCUT2D eigenvalue weighted by Gasteiger charge is -2.39. The second-order valence-electron chi connectivity index (χ2n) is 6.73. The Bertz CT molecular complexity index is 609. The molecule has 0 radical (unpaired) electrons. The number of benzene rings is 1. The lowest BCUT2D eigenvalue weighted by atomic mass is 10.0. The molecule has 1 aliphatic heterocycles. The van der Waals surface area contributed by atoms with E-state index in [0.29, 0.717) is 4.08 Å². The van der Waals surface area contributed by atoms with Crippen molar-refractivity contribution in [2.75, 3.05) is 5.75 Å². The zero-order valence-corrected chi connectivity index (χ0v) is 16.4. The van der Waals surface area contributed by atoms with E-state index in [0.717, 1.165) is 18.2 Å². The topological polar surface area (TPSA) is 17.8 Å². The number of aromatic nitrogens is 2. The maximum atomic E-state index is 4.23. The third kappa shape index (κ3) is 4.82. The molecule has 3 rings (SSSR count). The molecule has 1 aromatic heterocycles. The van der Waals surface area contributed by atoms with Gasteiger partial charge in [0.2, 0.25) is 0 Å². The summed E-state index contributed by atoms with van der Waals surface area (Å²) in [7, 11) is 0. The second-order valence-corrected chi connectivity index (χ2v) is 10.3. The summed E-state index contributed by atoms with van der Waals surface area (Å²) in [6, 6.07) is 9.18. The Labute approximate surface area is 154 Å². The molecular formula is C20H28N2S2. The molecule has 2 unspecified atom stereocenters. The fourth-order valence-corrected chi connectivity index (χ4v) is 7.32. The highest BCUT2D eigenvalue weighted by molar-refractivity contribution is 8.19. The van der Waals surface area contributed by atoms with Crippen LogP contribution in [0.15, 0.2) is 43.0 Å². The van der Waals surface area contributed by atoms with Gasteiger partial charge >= 0.3 is 0 Å². The molecule has 2 atom stereocenters. The molecule has 0 saturated carbocycles.